The highest BCUT2D eigenvalue weighted by Gasteiger charge is 2.25. The van der Waals surface area contributed by atoms with Crippen molar-refractivity contribution in [3.63, 3.8) is 0 Å². The summed E-state index contributed by atoms with van der Waals surface area (Å²) in [5.41, 5.74) is 4.54. The summed E-state index contributed by atoms with van der Waals surface area (Å²) in [7, 11) is -0.445. The number of allylic oxidation sites excluding steroid dienone is 4. The van der Waals surface area contributed by atoms with Crippen LogP contribution >= 0.6 is 0 Å². The molecule has 1 atom stereocenters. The predicted octanol–water partition coefficient (Wildman–Crippen LogP) is 10.1. The lowest BCUT2D eigenvalue weighted by Gasteiger charge is -2.19. The van der Waals surface area contributed by atoms with Crippen molar-refractivity contribution in [2.24, 2.45) is 5.92 Å². The standard InChI is InChI=1S/C36H54Si/c1-3-4-5-6-7-8-9-10-11-12-13-14-15-16-17-24-29-34-31(2)30-35(32-25-20-18-21-26-32)36(34)37-33-27-22-19-23-28-33/h18-23,25-28,30,34H,3-17,24,29,37H2,1-2H3. The van der Waals surface area contributed by atoms with Gasteiger partial charge in [-0.25, -0.2) is 0 Å². The fourth-order valence-electron chi connectivity index (χ4n) is 6.10. The Hall–Kier alpha value is -1.86. The first-order chi connectivity index (χ1) is 18.3. The van der Waals surface area contributed by atoms with E-state index >= 15 is 0 Å². The van der Waals surface area contributed by atoms with E-state index in [2.05, 4.69) is 80.6 Å². The van der Waals surface area contributed by atoms with Crippen LogP contribution in [0.5, 0.6) is 0 Å². The van der Waals surface area contributed by atoms with E-state index in [-0.39, 0.29) is 0 Å². The molecule has 1 unspecified atom stereocenters. The molecule has 0 bridgehead atoms. The summed E-state index contributed by atoms with van der Waals surface area (Å²) in [6.45, 7) is 4.68. The summed E-state index contributed by atoms with van der Waals surface area (Å²) in [6.07, 6.45) is 26.9. The lowest BCUT2D eigenvalue weighted by molar-refractivity contribution is 0.519. The van der Waals surface area contributed by atoms with Crippen LogP contribution in [0.1, 0.15) is 129 Å². The molecular formula is C36H54Si. The Morgan fingerprint density at radius 3 is 1.54 bits per heavy atom. The zero-order valence-corrected chi connectivity index (χ0v) is 25.6. The minimum atomic E-state index is -0.445. The molecule has 0 saturated carbocycles. The van der Waals surface area contributed by atoms with Gasteiger partial charge in [-0.05, 0) is 30.4 Å². The lowest BCUT2D eigenvalue weighted by Crippen LogP contribution is -2.21. The topological polar surface area (TPSA) is 0 Å². The summed E-state index contributed by atoms with van der Waals surface area (Å²) in [5, 5.41) is 3.35. The first-order valence-corrected chi connectivity index (χ1v) is 17.2. The highest BCUT2D eigenvalue weighted by atomic mass is 28.2. The number of benzene rings is 2. The molecule has 0 aliphatic heterocycles. The second kappa shape index (κ2) is 18.4. The van der Waals surface area contributed by atoms with E-state index in [1.807, 2.05) is 0 Å². The molecule has 0 saturated heterocycles. The molecule has 202 valence electrons. The van der Waals surface area contributed by atoms with Crippen LogP contribution in [0.4, 0.5) is 0 Å². The maximum Gasteiger partial charge on any atom is 0.0840 e. The molecule has 3 rings (SSSR count). The van der Waals surface area contributed by atoms with Crippen molar-refractivity contribution in [2.75, 3.05) is 0 Å². The maximum absolute atomic E-state index is 2.51. The van der Waals surface area contributed by atoms with Crippen LogP contribution < -0.4 is 5.19 Å². The monoisotopic (exact) mass is 514 g/mol. The Morgan fingerprint density at radius 1 is 0.568 bits per heavy atom. The van der Waals surface area contributed by atoms with Crippen LogP contribution in [0.15, 0.2) is 77.5 Å². The third kappa shape index (κ3) is 11.2. The summed E-state index contributed by atoms with van der Waals surface area (Å²) >= 11 is 0. The van der Waals surface area contributed by atoms with Crippen LogP contribution in [0.2, 0.25) is 0 Å². The van der Waals surface area contributed by atoms with Crippen LogP contribution in [0, 0.1) is 5.92 Å². The fourth-order valence-corrected chi connectivity index (χ4v) is 8.32. The number of hydrogen-bond acceptors (Lipinski definition) is 0. The van der Waals surface area contributed by atoms with Gasteiger partial charge in [-0.15, -0.1) is 0 Å². The summed E-state index contributed by atoms with van der Waals surface area (Å²) in [6, 6.07) is 22.4. The molecule has 2 aromatic rings. The SMILES string of the molecule is CCCCCCCCCCCCCCCCCCC1C(C)=CC(c2ccccc2)=C1[SiH2]c1ccccc1. The Morgan fingerprint density at radius 2 is 1.03 bits per heavy atom. The molecule has 0 fully saturated rings. The van der Waals surface area contributed by atoms with E-state index in [1.54, 1.807) is 16.0 Å². The molecule has 0 N–H and O–H groups in total. The van der Waals surface area contributed by atoms with E-state index in [1.165, 1.54) is 120 Å². The molecule has 0 radical (unpaired) electrons. The van der Waals surface area contributed by atoms with E-state index in [0.29, 0.717) is 5.92 Å². The third-order valence-electron chi connectivity index (χ3n) is 8.36. The molecule has 0 nitrogen and oxygen atoms in total. The average molecular weight is 515 g/mol. The van der Waals surface area contributed by atoms with Gasteiger partial charge in [0.05, 0.1) is 9.52 Å². The number of hydrogen-bond donors (Lipinski definition) is 0. The van der Waals surface area contributed by atoms with Gasteiger partial charge in [0.15, 0.2) is 0 Å². The Bertz CT molecular complexity index is 908. The van der Waals surface area contributed by atoms with Crippen LogP contribution in [-0.4, -0.2) is 9.52 Å². The van der Waals surface area contributed by atoms with Crippen molar-refractivity contribution in [3.8, 4) is 0 Å². The van der Waals surface area contributed by atoms with Gasteiger partial charge < -0.3 is 0 Å². The summed E-state index contributed by atoms with van der Waals surface area (Å²) in [5.74, 6) is 0.675. The molecule has 1 aliphatic rings. The minimum absolute atomic E-state index is 0.445. The lowest BCUT2D eigenvalue weighted by atomic mass is 9.95. The number of rotatable bonds is 20. The maximum atomic E-state index is 2.51. The van der Waals surface area contributed by atoms with Gasteiger partial charge in [0, 0.05) is 0 Å². The van der Waals surface area contributed by atoms with Crippen molar-refractivity contribution in [3.05, 3.63) is 83.1 Å². The van der Waals surface area contributed by atoms with E-state index < -0.39 is 9.52 Å². The fraction of sp³-hybridized carbons (Fsp3) is 0.556. The van der Waals surface area contributed by atoms with Gasteiger partial charge in [-0.3, -0.25) is 0 Å². The van der Waals surface area contributed by atoms with E-state index in [9.17, 15) is 0 Å². The van der Waals surface area contributed by atoms with Crippen LogP contribution in [-0.2, 0) is 0 Å². The third-order valence-corrected chi connectivity index (χ3v) is 10.5. The van der Waals surface area contributed by atoms with Gasteiger partial charge in [0.25, 0.3) is 0 Å². The second-order valence-electron chi connectivity index (χ2n) is 11.5. The largest absolute Gasteiger partial charge is 0.0840 e. The van der Waals surface area contributed by atoms with Gasteiger partial charge in [0.2, 0.25) is 0 Å². The van der Waals surface area contributed by atoms with Crippen molar-refractivity contribution >= 4 is 20.3 Å². The van der Waals surface area contributed by atoms with Gasteiger partial charge >= 0.3 is 0 Å². The molecule has 0 spiro atoms. The van der Waals surface area contributed by atoms with Gasteiger partial charge in [-0.1, -0.05) is 192 Å². The zero-order chi connectivity index (χ0) is 26.0. The average Bonchev–Trinajstić information content (AvgIpc) is 3.24. The molecular weight excluding hydrogens is 460 g/mol. The molecule has 2 aromatic carbocycles. The highest BCUT2D eigenvalue weighted by Crippen LogP contribution is 2.39. The molecule has 1 heteroatoms. The van der Waals surface area contributed by atoms with Gasteiger partial charge in [-0.2, -0.15) is 0 Å². The molecule has 0 heterocycles. The van der Waals surface area contributed by atoms with E-state index in [4.69, 9.17) is 0 Å². The quantitative estimate of drug-likeness (QED) is 0.122. The normalized spacial score (nSPS) is 15.7. The second-order valence-corrected chi connectivity index (χ2v) is 13.4. The van der Waals surface area contributed by atoms with Crippen molar-refractivity contribution in [2.45, 2.75) is 123 Å². The Labute approximate surface area is 231 Å². The minimum Gasteiger partial charge on any atom is -0.0680 e. The zero-order valence-electron chi connectivity index (χ0n) is 24.2. The summed E-state index contributed by atoms with van der Waals surface area (Å²) < 4.78 is 0. The first kappa shape index (κ1) is 29.7. The predicted molar refractivity (Wildman–Crippen MR) is 169 cm³/mol. The van der Waals surface area contributed by atoms with Crippen LogP contribution in [0.25, 0.3) is 5.57 Å². The Kier molecular flexibility index (Phi) is 14.8. The summed E-state index contributed by atoms with van der Waals surface area (Å²) in [4.78, 5) is 0. The van der Waals surface area contributed by atoms with Crippen LogP contribution in [0.3, 0.4) is 0 Å². The molecule has 1 aliphatic carbocycles. The highest BCUT2D eigenvalue weighted by molar-refractivity contribution is 6.62. The number of unbranched alkanes of at least 4 members (excludes halogenated alkanes) is 15. The van der Waals surface area contributed by atoms with Gasteiger partial charge in [0.1, 0.15) is 0 Å². The first-order valence-electron chi connectivity index (χ1n) is 15.8. The van der Waals surface area contributed by atoms with Crippen molar-refractivity contribution in [1.29, 1.82) is 0 Å². The molecule has 37 heavy (non-hydrogen) atoms. The molecule has 0 amide bonds. The smallest absolute Gasteiger partial charge is 0.0680 e. The van der Waals surface area contributed by atoms with Crippen molar-refractivity contribution < 1.29 is 0 Å². The van der Waals surface area contributed by atoms with Crippen molar-refractivity contribution in [1.82, 2.24) is 0 Å². The molecule has 0 aromatic heterocycles. The Balaban J connectivity index is 1.31. The van der Waals surface area contributed by atoms with E-state index in [0.717, 1.165) is 0 Å².